The van der Waals surface area contributed by atoms with E-state index in [1.807, 2.05) is 49.4 Å². The summed E-state index contributed by atoms with van der Waals surface area (Å²) in [4.78, 5) is 18.8. The molecule has 0 bridgehead atoms. The molecule has 0 spiro atoms. The van der Waals surface area contributed by atoms with Crippen LogP contribution in [0.25, 0.3) is 22.2 Å². The smallest absolute Gasteiger partial charge is 0.228 e. The summed E-state index contributed by atoms with van der Waals surface area (Å²) in [7, 11) is 1.66. The lowest BCUT2D eigenvalue weighted by Crippen LogP contribution is -2.14. The number of rotatable bonds is 8. The number of anilines is 2. The number of aromatic nitrogens is 4. The molecular weight excluding hydrogens is 460 g/mol. The molecule has 186 valence electrons. The third-order valence-electron chi connectivity index (χ3n) is 6.29. The van der Waals surface area contributed by atoms with Crippen LogP contribution in [0.3, 0.4) is 0 Å². The maximum atomic E-state index is 5.24. The molecule has 2 N–H and O–H groups in total. The third-order valence-corrected chi connectivity index (χ3v) is 6.29. The van der Waals surface area contributed by atoms with E-state index in [1.54, 1.807) is 7.11 Å². The minimum atomic E-state index is -0.0937. The SMILES string of the molecule is COc1ccc(CNc2nc(C)nc(NC(C)c3cc4cccc(C)c4nc3-c3ccccc3)n2)cc1. The number of hydrogen-bond acceptors (Lipinski definition) is 7. The average molecular weight is 491 g/mol. The summed E-state index contributed by atoms with van der Waals surface area (Å²) in [5.74, 6) is 2.50. The molecule has 0 aliphatic heterocycles. The van der Waals surface area contributed by atoms with Crippen molar-refractivity contribution in [2.24, 2.45) is 0 Å². The topological polar surface area (TPSA) is 84.9 Å². The number of methoxy groups -OCH3 is 1. The van der Waals surface area contributed by atoms with Gasteiger partial charge in [-0.3, -0.25) is 0 Å². The van der Waals surface area contributed by atoms with Gasteiger partial charge in [0.25, 0.3) is 0 Å². The third kappa shape index (κ3) is 5.51. The highest BCUT2D eigenvalue weighted by Crippen LogP contribution is 2.32. The lowest BCUT2D eigenvalue weighted by Gasteiger charge is -2.19. The Labute approximate surface area is 217 Å². The predicted molar refractivity (Wildman–Crippen MR) is 149 cm³/mol. The Morgan fingerprint density at radius 1 is 0.811 bits per heavy atom. The van der Waals surface area contributed by atoms with Crippen molar-refractivity contribution in [2.45, 2.75) is 33.4 Å². The van der Waals surface area contributed by atoms with Crippen LogP contribution < -0.4 is 15.4 Å². The average Bonchev–Trinajstić information content (AvgIpc) is 2.92. The molecule has 5 rings (SSSR count). The molecule has 0 amide bonds. The Morgan fingerprint density at radius 3 is 2.32 bits per heavy atom. The van der Waals surface area contributed by atoms with Crippen LogP contribution in [0.2, 0.25) is 0 Å². The van der Waals surface area contributed by atoms with Gasteiger partial charge < -0.3 is 15.4 Å². The first kappa shape index (κ1) is 24.2. The molecule has 2 heterocycles. The van der Waals surface area contributed by atoms with Gasteiger partial charge in [0, 0.05) is 23.1 Å². The fourth-order valence-electron chi connectivity index (χ4n) is 4.34. The van der Waals surface area contributed by atoms with Gasteiger partial charge in [-0.05, 0) is 50.1 Å². The zero-order valence-corrected chi connectivity index (χ0v) is 21.5. The van der Waals surface area contributed by atoms with Crippen molar-refractivity contribution in [2.75, 3.05) is 17.7 Å². The van der Waals surface area contributed by atoms with Crippen molar-refractivity contribution in [1.82, 2.24) is 19.9 Å². The second-order valence-corrected chi connectivity index (χ2v) is 9.04. The standard InChI is InChI=1S/C30H30N6O/c1-19-9-8-12-24-17-26(28(35-27(19)24)23-10-6-5-7-11-23)20(2)32-30-34-21(3)33-29(36-30)31-18-22-13-15-25(37-4)16-14-22/h5-17,20H,18H2,1-4H3,(H2,31,32,33,34,36). The Kier molecular flexibility index (Phi) is 6.94. The quantitative estimate of drug-likeness (QED) is 0.257. The maximum absolute atomic E-state index is 5.24. The van der Waals surface area contributed by atoms with E-state index in [-0.39, 0.29) is 6.04 Å². The van der Waals surface area contributed by atoms with Gasteiger partial charge in [-0.15, -0.1) is 0 Å². The van der Waals surface area contributed by atoms with Crippen LogP contribution in [-0.2, 0) is 6.54 Å². The van der Waals surface area contributed by atoms with Crippen molar-refractivity contribution in [3.8, 4) is 17.0 Å². The highest BCUT2D eigenvalue weighted by atomic mass is 16.5. The van der Waals surface area contributed by atoms with Crippen LogP contribution in [0.4, 0.5) is 11.9 Å². The van der Waals surface area contributed by atoms with E-state index < -0.39 is 0 Å². The van der Waals surface area contributed by atoms with Gasteiger partial charge in [-0.25, -0.2) is 4.98 Å². The number of ether oxygens (including phenoxy) is 1. The van der Waals surface area contributed by atoms with Crippen molar-refractivity contribution < 1.29 is 4.74 Å². The molecule has 5 aromatic rings. The highest BCUT2D eigenvalue weighted by Gasteiger charge is 2.17. The molecule has 0 aliphatic rings. The number of hydrogen-bond donors (Lipinski definition) is 2. The molecule has 37 heavy (non-hydrogen) atoms. The van der Waals surface area contributed by atoms with Gasteiger partial charge >= 0.3 is 0 Å². The molecule has 7 heteroatoms. The molecule has 7 nitrogen and oxygen atoms in total. The molecule has 2 aromatic heterocycles. The van der Waals surface area contributed by atoms with Crippen molar-refractivity contribution in [3.05, 3.63) is 101 Å². The summed E-state index contributed by atoms with van der Waals surface area (Å²) in [6.07, 6.45) is 0. The number of nitrogens with one attached hydrogen (secondary N) is 2. The van der Waals surface area contributed by atoms with Crippen LogP contribution in [0, 0.1) is 13.8 Å². The van der Waals surface area contributed by atoms with Crippen LogP contribution in [-0.4, -0.2) is 27.0 Å². The normalized spacial score (nSPS) is 11.8. The lowest BCUT2D eigenvalue weighted by molar-refractivity contribution is 0.414. The molecule has 1 atom stereocenters. The van der Waals surface area contributed by atoms with E-state index in [0.717, 1.165) is 44.6 Å². The van der Waals surface area contributed by atoms with Gasteiger partial charge in [0.15, 0.2) is 0 Å². The highest BCUT2D eigenvalue weighted by molar-refractivity contribution is 5.86. The Morgan fingerprint density at radius 2 is 1.57 bits per heavy atom. The summed E-state index contributed by atoms with van der Waals surface area (Å²) in [5.41, 5.74) is 6.37. The number of pyridine rings is 1. The van der Waals surface area contributed by atoms with Crippen LogP contribution in [0.1, 0.15) is 35.5 Å². The van der Waals surface area contributed by atoms with Gasteiger partial charge in [-0.2, -0.15) is 15.0 Å². The summed E-state index contributed by atoms with van der Waals surface area (Å²) >= 11 is 0. The minimum absolute atomic E-state index is 0.0937. The zero-order valence-electron chi connectivity index (χ0n) is 21.5. The largest absolute Gasteiger partial charge is 0.497 e. The Balaban J connectivity index is 1.42. The number of fused-ring (bicyclic) bond motifs is 1. The molecule has 0 aliphatic carbocycles. The number of benzene rings is 3. The summed E-state index contributed by atoms with van der Waals surface area (Å²) < 4.78 is 5.24. The number of para-hydroxylation sites is 1. The minimum Gasteiger partial charge on any atom is -0.497 e. The number of nitrogens with zero attached hydrogens (tertiary/aromatic N) is 4. The molecule has 0 radical (unpaired) electrons. The van der Waals surface area contributed by atoms with E-state index in [0.29, 0.717) is 24.3 Å². The summed E-state index contributed by atoms with van der Waals surface area (Å²) in [6.45, 7) is 6.66. The molecule has 0 fully saturated rings. The first-order valence-electron chi connectivity index (χ1n) is 12.3. The van der Waals surface area contributed by atoms with Gasteiger partial charge in [-0.1, -0.05) is 60.7 Å². The second kappa shape index (κ2) is 10.6. The predicted octanol–water partition coefficient (Wildman–Crippen LogP) is 6.50. The molecule has 0 saturated carbocycles. The van der Waals surface area contributed by atoms with Crippen molar-refractivity contribution in [3.63, 3.8) is 0 Å². The summed E-state index contributed by atoms with van der Waals surface area (Å²) in [6, 6.07) is 26.6. The zero-order chi connectivity index (χ0) is 25.8. The van der Waals surface area contributed by atoms with Crippen LogP contribution in [0.5, 0.6) is 5.75 Å². The fraction of sp³-hybridized carbons (Fsp3) is 0.200. The van der Waals surface area contributed by atoms with Crippen LogP contribution in [0.15, 0.2) is 78.9 Å². The van der Waals surface area contributed by atoms with E-state index >= 15 is 0 Å². The van der Waals surface area contributed by atoms with Crippen molar-refractivity contribution >= 4 is 22.8 Å². The van der Waals surface area contributed by atoms with E-state index in [9.17, 15) is 0 Å². The molecule has 0 saturated heterocycles. The second-order valence-electron chi connectivity index (χ2n) is 9.04. The van der Waals surface area contributed by atoms with E-state index in [1.165, 1.54) is 0 Å². The van der Waals surface area contributed by atoms with E-state index in [2.05, 4.69) is 75.8 Å². The lowest BCUT2D eigenvalue weighted by atomic mass is 9.97. The first-order valence-corrected chi connectivity index (χ1v) is 12.3. The Hall–Kier alpha value is -4.52. The van der Waals surface area contributed by atoms with E-state index in [4.69, 9.17) is 9.72 Å². The monoisotopic (exact) mass is 490 g/mol. The molecule has 3 aromatic carbocycles. The molecular formula is C30H30N6O. The first-order chi connectivity index (χ1) is 18.0. The fourth-order valence-corrected chi connectivity index (χ4v) is 4.34. The Bertz CT molecular complexity index is 1520. The van der Waals surface area contributed by atoms with Gasteiger partial charge in [0.05, 0.1) is 24.4 Å². The van der Waals surface area contributed by atoms with Gasteiger partial charge in [0.2, 0.25) is 11.9 Å². The molecule has 1 unspecified atom stereocenters. The summed E-state index contributed by atoms with van der Waals surface area (Å²) in [5, 5.41) is 7.90. The number of aryl methyl sites for hydroxylation is 2. The van der Waals surface area contributed by atoms with Gasteiger partial charge in [0.1, 0.15) is 11.6 Å². The van der Waals surface area contributed by atoms with Crippen LogP contribution >= 0.6 is 0 Å². The maximum Gasteiger partial charge on any atom is 0.228 e. The van der Waals surface area contributed by atoms with Crippen molar-refractivity contribution in [1.29, 1.82) is 0 Å².